The van der Waals surface area contributed by atoms with E-state index in [1.54, 1.807) is 0 Å². The van der Waals surface area contributed by atoms with Gasteiger partial charge >= 0.3 is 0 Å². The van der Waals surface area contributed by atoms with Crippen molar-refractivity contribution in [1.82, 2.24) is 5.32 Å². The Morgan fingerprint density at radius 2 is 1.88 bits per heavy atom. The molecule has 5 heteroatoms. The van der Waals surface area contributed by atoms with E-state index in [1.165, 1.54) is 6.07 Å². The van der Waals surface area contributed by atoms with Gasteiger partial charge in [-0.05, 0) is 37.2 Å². The molecule has 0 radical (unpaired) electrons. The molecule has 0 fully saturated rings. The lowest BCUT2D eigenvalue weighted by Crippen LogP contribution is -2.36. The molecule has 0 aliphatic rings. The van der Waals surface area contributed by atoms with Gasteiger partial charge in [-0.3, -0.25) is 0 Å². The molecule has 1 aromatic rings. The maximum atomic E-state index is 12.9. The van der Waals surface area contributed by atoms with Crippen LogP contribution in [0.2, 0.25) is 0 Å². The molecular weight excluding hydrogens is 242 g/mol. The van der Waals surface area contributed by atoms with Crippen LogP contribution in [-0.2, 0) is 0 Å². The van der Waals surface area contributed by atoms with Gasteiger partial charge in [0, 0.05) is 17.8 Å². The summed E-state index contributed by atoms with van der Waals surface area (Å²) in [5.74, 6) is -1.75. The molecule has 2 N–H and O–H groups in total. The van der Waals surface area contributed by atoms with Gasteiger partial charge in [0.05, 0.1) is 0 Å². The average molecular weight is 258 g/mol. The number of rotatable bonds is 4. The first-order valence-electron chi connectivity index (χ1n) is 5.59. The van der Waals surface area contributed by atoms with Crippen LogP contribution >= 0.6 is 12.2 Å². The van der Waals surface area contributed by atoms with Crippen LogP contribution in [0.1, 0.15) is 26.7 Å². The van der Waals surface area contributed by atoms with Gasteiger partial charge < -0.3 is 10.6 Å². The topological polar surface area (TPSA) is 24.1 Å². The van der Waals surface area contributed by atoms with Gasteiger partial charge in [-0.15, -0.1) is 0 Å². The third-order valence-electron chi connectivity index (χ3n) is 2.50. The highest BCUT2D eigenvalue weighted by atomic mass is 32.1. The highest BCUT2D eigenvalue weighted by Gasteiger charge is 2.07. The van der Waals surface area contributed by atoms with Crippen LogP contribution in [0.5, 0.6) is 0 Å². The molecule has 1 aromatic carbocycles. The van der Waals surface area contributed by atoms with Gasteiger partial charge in [0.2, 0.25) is 0 Å². The zero-order valence-electron chi connectivity index (χ0n) is 9.89. The molecule has 0 saturated carbocycles. The van der Waals surface area contributed by atoms with Crippen LogP contribution in [0.15, 0.2) is 18.2 Å². The average Bonchev–Trinajstić information content (AvgIpc) is 2.31. The van der Waals surface area contributed by atoms with E-state index in [4.69, 9.17) is 12.2 Å². The van der Waals surface area contributed by atoms with Crippen molar-refractivity contribution in [1.29, 1.82) is 0 Å². The van der Waals surface area contributed by atoms with Crippen LogP contribution < -0.4 is 10.6 Å². The second-order valence-electron chi connectivity index (χ2n) is 3.74. The Kier molecular flexibility index (Phi) is 5.28. The Labute approximate surface area is 105 Å². The van der Waals surface area contributed by atoms with E-state index < -0.39 is 11.6 Å². The first kappa shape index (κ1) is 13.8. The van der Waals surface area contributed by atoms with Crippen molar-refractivity contribution in [2.45, 2.75) is 32.7 Å². The van der Waals surface area contributed by atoms with E-state index >= 15 is 0 Å². The van der Waals surface area contributed by atoms with Crippen molar-refractivity contribution in [2.75, 3.05) is 5.32 Å². The Balaban J connectivity index is 2.58. The number of nitrogens with one attached hydrogen (secondary N) is 2. The van der Waals surface area contributed by atoms with Crippen LogP contribution in [-0.4, -0.2) is 11.2 Å². The first-order chi connectivity index (χ1) is 8.06. The monoisotopic (exact) mass is 258 g/mol. The number of benzene rings is 1. The summed E-state index contributed by atoms with van der Waals surface area (Å²) in [7, 11) is 0. The number of halogens is 2. The molecule has 1 rings (SSSR count). The molecule has 0 aromatic heterocycles. The highest BCUT2D eigenvalue weighted by molar-refractivity contribution is 7.80. The van der Waals surface area contributed by atoms with Gasteiger partial charge in [-0.25, -0.2) is 8.78 Å². The molecule has 2 nitrogen and oxygen atoms in total. The van der Waals surface area contributed by atoms with E-state index in [0.717, 1.165) is 25.0 Å². The largest absolute Gasteiger partial charge is 0.360 e. The number of anilines is 1. The third kappa shape index (κ3) is 4.26. The van der Waals surface area contributed by atoms with Gasteiger partial charge in [-0.1, -0.05) is 13.8 Å². The summed E-state index contributed by atoms with van der Waals surface area (Å²) in [6.07, 6.45) is 1.91. The maximum Gasteiger partial charge on any atom is 0.170 e. The van der Waals surface area contributed by atoms with Gasteiger partial charge in [0.15, 0.2) is 16.7 Å². The zero-order valence-corrected chi connectivity index (χ0v) is 10.7. The fraction of sp³-hybridized carbons (Fsp3) is 0.417. The standard InChI is InChI=1S/C12H16F2N2S/c1-3-8(4-2)15-12(17)16-9-5-6-10(13)11(14)7-9/h5-8H,3-4H2,1-2H3,(H2,15,16,17). The number of hydrogen-bond donors (Lipinski definition) is 2. The Hall–Kier alpha value is -1.23. The number of hydrogen-bond acceptors (Lipinski definition) is 1. The summed E-state index contributed by atoms with van der Waals surface area (Å²) >= 11 is 5.08. The summed E-state index contributed by atoms with van der Waals surface area (Å²) in [4.78, 5) is 0. The Morgan fingerprint density at radius 1 is 1.24 bits per heavy atom. The van der Waals surface area contributed by atoms with Gasteiger partial charge in [0.1, 0.15) is 0 Å². The van der Waals surface area contributed by atoms with Crippen molar-refractivity contribution >= 4 is 23.0 Å². The van der Waals surface area contributed by atoms with Crippen LogP contribution in [0.3, 0.4) is 0 Å². The SMILES string of the molecule is CCC(CC)NC(=S)Nc1ccc(F)c(F)c1. The van der Waals surface area contributed by atoms with E-state index in [1.807, 2.05) is 0 Å². The van der Waals surface area contributed by atoms with Gasteiger partial charge in [-0.2, -0.15) is 0 Å². The van der Waals surface area contributed by atoms with E-state index in [-0.39, 0.29) is 0 Å². The smallest absolute Gasteiger partial charge is 0.170 e. The fourth-order valence-corrected chi connectivity index (χ4v) is 1.70. The summed E-state index contributed by atoms with van der Waals surface area (Å²) in [5, 5.41) is 6.35. The highest BCUT2D eigenvalue weighted by Crippen LogP contribution is 2.13. The maximum absolute atomic E-state index is 12.9. The Morgan fingerprint density at radius 3 is 2.41 bits per heavy atom. The predicted molar refractivity (Wildman–Crippen MR) is 70.1 cm³/mol. The lowest BCUT2D eigenvalue weighted by atomic mass is 10.2. The van der Waals surface area contributed by atoms with Crippen LogP contribution in [0.25, 0.3) is 0 Å². The van der Waals surface area contributed by atoms with Crippen molar-refractivity contribution in [2.24, 2.45) is 0 Å². The van der Waals surface area contributed by atoms with E-state index in [9.17, 15) is 8.78 Å². The second-order valence-corrected chi connectivity index (χ2v) is 4.15. The molecule has 0 atom stereocenters. The fourth-order valence-electron chi connectivity index (χ4n) is 1.42. The molecule has 0 amide bonds. The quantitative estimate of drug-likeness (QED) is 0.809. The van der Waals surface area contributed by atoms with Gasteiger partial charge in [0.25, 0.3) is 0 Å². The van der Waals surface area contributed by atoms with Crippen LogP contribution in [0, 0.1) is 11.6 Å². The van der Waals surface area contributed by atoms with E-state index in [0.29, 0.717) is 16.8 Å². The molecule has 17 heavy (non-hydrogen) atoms. The summed E-state index contributed by atoms with van der Waals surface area (Å²) in [6.45, 7) is 4.11. The molecule has 94 valence electrons. The van der Waals surface area contributed by atoms with Crippen molar-refractivity contribution in [3.05, 3.63) is 29.8 Å². The molecular formula is C12H16F2N2S. The third-order valence-corrected chi connectivity index (χ3v) is 2.72. The molecule has 0 saturated heterocycles. The minimum atomic E-state index is -0.889. The lowest BCUT2D eigenvalue weighted by molar-refractivity contribution is 0.509. The lowest BCUT2D eigenvalue weighted by Gasteiger charge is -2.17. The molecule has 0 unspecified atom stereocenters. The Bertz CT molecular complexity index is 392. The van der Waals surface area contributed by atoms with Crippen molar-refractivity contribution in [3.63, 3.8) is 0 Å². The minimum Gasteiger partial charge on any atom is -0.360 e. The molecule has 0 heterocycles. The normalized spacial score (nSPS) is 10.4. The number of thiocarbonyl (C=S) groups is 1. The predicted octanol–water partition coefficient (Wildman–Crippen LogP) is 3.44. The van der Waals surface area contributed by atoms with Crippen LogP contribution in [0.4, 0.5) is 14.5 Å². The summed E-state index contributed by atoms with van der Waals surface area (Å²) in [6, 6.07) is 3.88. The molecule has 0 aliphatic heterocycles. The molecule has 0 bridgehead atoms. The van der Waals surface area contributed by atoms with Crippen molar-refractivity contribution in [3.8, 4) is 0 Å². The van der Waals surface area contributed by atoms with E-state index in [2.05, 4.69) is 24.5 Å². The minimum absolute atomic E-state index is 0.292. The van der Waals surface area contributed by atoms with Crippen molar-refractivity contribution < 1.29 is 8.78 Å². The summed E-state index contributed by atoms with van der Waals surface area (Å²) in [5.41, 5.74) is 0.437. The zero-order chi connectivity index (χ0) is 12.8. The molecule has 0 spiro atoms. The second kappa shape index (κ2) is 6.49. The first-order valence-corrected chi connectivity index (χ1v) is 6.00. The summed E-state index contributed by atoms with van der Waals surface area (Å²) < 4.78 is 25.6. The molecule has 0 aliphatic carbocycles.